The molecule has 0 saturated heterocycles. The molecule has 0 amide bonds. The minimum absolute atomic E-state index is 0.0159. The van der Waals surface area contributed by atoms with Gasteiger partial charge in [-0.1, -0.05) is 13.0 Å². The summed E-state index contributed by atoms with van der Waals surface area (Å²) in [6.07, 6.45) is 0.519. The van der Waals surface area contributed by atoms with Gasteiger partial charge in [0.25, 0.3) is 0 Å². The van der Waals surface area contributed by atoms with E-state index in [4.69, 9.17) is 5.11 Å². The molecule has 0 saturated carbocycles. The van der Waals surface area contributed by atoms with Crippen LogP contribution in [0.5, 0.6) is 0 Å². The molecule has 0 aliphatic rings. The lowest BCUT2D eigenvalue weighted by atomic mass is 10.1. The number of rotatable bonds is 6. The summed E-state index contributed by atoms with van der Waals surface area (Å²) in [5.41, 5.74) is 0.405. The van der Waals surface area contributed by atoms with Crippen LogP contribution in [0.25, 0.3) is 0 Å². The summed E-state index contributed by atoms with van der Waals surface area (Å²) in [4.78, 5) is -0.0817. The quantitative estimate of drug-likeness (QED) is 0.825. The lowest BCUT2D eigenvalue weighted by molar-refractivity contribution is 0.263. The maximum atomic E-state index is 13.3. The molecule has 0 fully saturated rings. The van der Waals surface area contributed by atoms with Gasteiger partial charge in [0.2, 0.25) is 10.0 Å². The maximum Gasteiger partial charge on any atom is 0.240 e. The molecule has 0 aliphatic carbocycles. The van der Waals surface area contributed by atoms with Crippen molar-refractivity contribution in [3.8, 4) is 0 Å². The molecule has 1 aromatic carbocycles. The summed E-state index contributed by atoms with van der Waals surface area (Å²) < 4.78 is 39.4. The molecule has 0 radical (unpaired) electrons. The molecule has 0 bridgehead atoms. The third-order valence-electron chi connectivity index (χ3n) is 2.70. The van der Waals surface area contributed by atoms with Crippen molar-refractivity contribution >= 4 is 10.0 Å². The first-order chi connectivity index (χ1) is 8.36. The summed E-state index contributed by atoms with van der Waals surface area (Å²) >= 11 is 0. The third-order valence-corrected chi connectivity index (χ3v) is 4.12. The van der Waals surface area contributed by atoms with Gasteiger partial charge < -0.3 is 5.11 Å². The molecule has 1 atom stereocenters. The number of aryl methyl sites for hydroxylation is 1. The van der Waals surface area contributed by atoms with Crippen LogP contribution < -0.4 is 4.72 Å². The highest BCUT2D eigenvalue weighted by Crippen LogP contribution is 2.14. The fourth-order valence-electron chi connectivity index (χ4n) is 1.40. The fraction of sp³-hybridized carbons (Fsp3) is 0.500. The predicted molar refractivity (Wildman–Crippen MR) is 67.2 cm³/mol. The maximum absolute atomic E-state index is 13.3. The molecule has 2 N–H and O–H groups in total. The van der Waals surface area contributed by atoms with Crippen LogP contribution in [0.1, 0.15) is 18.9 Å². The van der Waals surface area contributed by atoms with Crippen molar-refractivity contribution < 1.29 is 17.9 Å². The molecule has 0 heterocycles. The highest BCUT2D eigenvalue weighted by Gasteiger charge is 2.16. The average molecular weight is 275 g/mol. The van der Waals surface area contributed by atoms with Gasteiger partial charge in [-0.3, -0.25) is 0 Å². The summed E-state index contributed by atoms with van der Waals surface area (Å²) in [5, 5.41) is 8.72. The van der Waals surface area contributed by atoms with Crippen LogP contribution in [-0.4, -0.2) is 26.7 Å². The second-order valence-corrected chi connectivity index (χ2v) is 6.15. The molecular formula is C12H18FNO3S. The minimum Gasteiger partial charge on any atom is -0.396 e. The predicted octanol–water partition coefficient (Wildman–Crippen LogP) is 1.43. The topological polar surface area (TPSA) is 66.4 Å². The second kappa shape index (κ2) is 6.26. The van der Waals surface area contributed by atoms with E-state index in [9.17, 15) is 12.8 Å². The standard InChI is InChI=1S/C12H18FNO3S/c1-9(5-6-15)8-14-18(16,17)11-4-3-10(2)12(13)7-11/h3-4,7,9,14-15H,5-6,8H2,1-2H3. The van der Waals surface area contributed by atoms with Gasteiger partial charge in [0.1, 0.15) is 5.82 Å². The molecule has 102 valence electrons. The van der Waals surface area contributed by atoms with Gasteiger partial charge in [-0.25, -0.2) is 17.5 Å². The van der Waals surface area contributed by atoms with Crippen molar-refractivity contribution in [1.82, 2.24) is 4.72 Å². The number of halogens is 1. The Kier molecular flexibility index (Phi) is 5.25. The van der Waals surface area contributed by atoms with E-state index in [0.29, 0.717) is 12.0 Å². The van der Waals surface area contributed by atoms with Crippen molar-refractivity contribution in [2.24, 2.45) is 5.92 Å². The smallest absolute Gasteiger partial charge is 0.240 e. The van der Waals surface area contributed by atoms with Crippen LogP contribution in [0.3, 0.4) is 0 Å². The molecule has 0 aliphatic heterocycles. The highest BCUT2D eigenvalue weighted by molar-refractivity contribution is 7.89. The fourth-order valence-corrected chi connectivity index (χ4v) is 2.57. The molecule has 6 heteroatoms. The van der Waals surface area contributed by atoms with E-state index >= 15 is 0 Å². The number of aliphatic hydroxyl groups excluding tert-OH is 1. The summed E-state index contributed by atoms with van der Waals surface area (Å²) in [7, 11) is -3.68. The summed E-state index contributed by atoms with van der Waals surface area (Å²) in [5.74, 6) is -0.513. The molecule has 4 nitrogen and oxygen atoms in total. The first-order valence-electron chi connectivity index (χ1n) is 5.73. The van der Waals surface area contributed by atoms with Crippen LogP contribution >= 0.6 is 0 Å². The van der Waals surface area contributed by atoms with E-state index in [2.05, 4.69) is 4.72 Å². The molecule has 1 aromatic rings. The Labute approximate surface area is 107 Å². The van der Waals surface area contributed by atoms with Crippen molar-refractivity contribution in [3.63, 3.8) is 0 Å². The zero-order valence-corrected chi connectivity index (χ0v) is 11.3. The Balaban J connectivity index is 2.77. The van der Waals surface area contributed by atoms with Crippen molar-refractivity contribution in [2.45, 2.75) is 25.2 Å². The number of benzene rings is 1. The molecule has 0 spiro atoms. The van der Waals surface area contributed by atoms with E-state index in [0.717, 1.165) is 6.07 Å². The van der Waals surface area contributed by atoms with E-state index in [1.165, 1.54) is 12.1 Å². The highest BCUT2D eigenvalue weighted by atomic mass is 32.2. The Morgan fingerprint density at radius 3 is 2.67 bits per heavy atom. The Morgan fingerprint density at radius 2 is 2.11 bits per heavy atom. The van der Waals surface area contributed by atoms with Gasteiger partial charge in [0.05, 0.1) is 4.90 Å². The van der Waals surface area contributed by atoms with Crippen LogP contribution in [0.2, 0.25) is 0 Å². The summed E-state index contributed by atoms with van der Waals surface area (Å²) in [6.45, 7) is 3.64. The van der Waals surface area contributed by atoms with Gasteiger partial charge in [-0.2, -0.15) is 0 Å². The van der Waals surface area contributed by atoms with E-state index in [1.54, 1.807) is 6.92 Å². The SMILES string of the molecule is Cc1ccc(S(=O)(=O)NCC(C)CCO)cc1F. The van der Waals surface area contributed by atoms with Crippen LogP contribution in [0, 0.1) is 18.7 Å². The van der Waals surface area contributed by atoms with Crippen LogP contribution in [0.15, 0.2) is 23.1 Å². The number of hydrogen-bond acceptors (Lipinski definition) is 3. The van der Waals surface area contributed by atoms with Gasteiger partial charge in [0, 0.05) is 13.2 Å². The van der Waals surface area contributed by atoms with Crippen molar-refractivity contribution in [3.05, 3.63) is 29.6 Å². The Hall–Kier alpha value is -0.980. The van der Waals surface area contributed by atoms with Crippen molar-refractivity contribution in [2.75, 3.05) is 13.2 Å². The third kappa shape index (κ3) is 4.04. The number of hydrogen-bond donors (Lipinski definition) is 2. The number of nitrogens with one attached hydrogen (secondary N) is 1. The van der Waals surface area contributed by atoms with Gasteiger partial charge in [-0.05, 0) is 37.0 Å². The monoisotopic (exact) mass is 275 g/mol. The molecule has 1 rings (SSSR count). The average Bonchev–Trinajstić information content (AvgIpc) is 2.30. The molecule has 18 heavy (non-hydrogen) atoms. The number of sulfonamides is 1. The van der Waals surface area contributed by atoms with Crippen LogP contribution in [-0.2, 0) is 10.0 Å². The molecule has 1 unspecified atom stereocenters. The Morgan fingerprint density at radius 1 is 1.44 bits per heavy atom. The summed E-state index contributed by atoms with van der Waals surface area (Å²) in [6, 6.07) is 3.81. The molecule has 0 aromatic heterocycles. The largest absolute Gasteiger partial charge is 0.396 e. The second-order valence-electron chi connectivity index (χ2n) is 4.38. The van der Waals surface area contributed by atoms with Gasteiger partial charge in [-0.15, -0.1) is 0 Å². The first kappa shape index (κ1) is 15.1. The molecular weight excluding hydrogens is 257 g/mol. The van der Waals surface area contributed by atoms with Crippen molar-refractivity contribution in [1.29, 1.82) is 0 Å². The Bertz CT molecular complexity index is 502. The zero-order chi connectivity index (χ0) is 13.8. The van der Waals surface area contributed by atoms with Crippen LogP contribution in [0.4, 0.5) is 4.39 Å². The van der Waals surface area contributed by atoms with E-state index in [1.807, 2.05) is 6.92 Å². The lowest BCUT2D eigenvalue weighted by Gasteiger charge is -2.12. The minimum atomic E-state index is -3.68. The normalized spacial score (nSPS) is 13.6. The zero-order valence-electron chi connectivity index (χ0n) is 10.5. The van der Waals surface area contributed by atoms with E-state index in [-0.39, 0.29) is 24.0 Å². The van der Waals surface area contributed by atoms with Gasteiger partial charge in [0.15, 0.2) is 0 Å². The first-order valence-corrected chi connectivity index (χ1v) is 7.22. The number of aliphatic hydroxyl groups is 1. The van der Waals surface area contributed by atoms with Gasteiger partial charge >= 0.3 is 0 Å². The lowest BCUT2D eigenvalue weighted by Crippen LogP contribution is -2.28. The van der Waals surface area contributed by atoms with E-state index < -0.39 is 15.8 Å².